The van der Waals surface area contributed by atoms with Gasteiger partial charge in [0.2, 0.25) is 57.3 Å². The molecular formula is C76H120N10O17S. The Morgan fingerprint density at radius 3 is 1.83 bits per heavy atom. The highest BCUT2D eigenvalue weighted by Crippen LogP contribution is 2.32. The molecule has 10 atom stereocenters. The number of hydrogen-bond acceptors (Lipinski definition) is 17. The molecule has 2 aliphatic heterocycles. The van der Waals surface area contributed by atoms with E-state index < -0.39 is 117 Å². The third-order valence-corrected chi connectivity index (χ3v) is 22.6. The highest BCUT2D eigenvalue weighted by Gasteiger charge is 2.45. The summed E-state index contributed by atoms with van der Waals surface area (Å²) in [6.07, 6.45) is 11.0. The molecule has 0 spiro atoms. The number of piperidine rings is 1. The number of nitrogens with zero attached hydrogens (tertiary/aromatic N) is 4. The van der Waals surface area contributed by atoms with Crippen LogP contribution >= 0.6 is 0 Å². The van der Waals surface area contributed by atoms with Crippen molar-refractivity contribution in [1.82, 2.24) is 45.6 Å². The molecule has 27 nitrogen and oxygen atoms in total. The molecule has 4 fully saturated rings. The fourth-order valence-corrected chi connectivity index (χ4v) is 15.6. The molecule has 2 heterocycles. The van der Waals surface area contributed by atoms with E-state index in [1.54, 1.807) is 108 Å². The fraction of sp³-hybridized carbons (Fsp3) is 0.711. The van der Waals surface area contributed by atoms with E-state index in [0.717, 1.165) is 25.7 Å². The van der Waals surface area contributed by atoms with Gasteiger partial charge in [0.25, 0.3) is 5.91 Å². The fourth-order valence-electron chi connectivity index (χ4n) is 14.2. The van der Waals surface area contributed by atoms with Crippen LogP contribution in [0.2, 0.25) is 0 Å². The molecule has 6 rings (SSSR count). The van der Waals surface area contributed by atoms with E-state index >= 15 is 0 Å². The molecule has 28 heteroatoms. The number of rotatable bonds is 39. The number of ether oxygens (including phenoxy) is 5. The summed E-state index contributed by atoms with van der Waals surface area (Å²) in [5.74, 6) is -5.52. The molecule has 0 radical (unpaired) electrons. The zero-order valence-corrected chi connectivity index (χ0v) is 64.4. The summed E-state index contributed by atoms with van der Waals surface area (Å²) in [6, 6.07) is 10.2. The highest BCUT2D eigenvalue weighted by atomic mass is 32.2. The number of methoxy groups -OCH3 is 2. The first-order chi connectivity index (χ1) is 49.6. The molecule has 104 heavy (non-hydrogen) atoms. The molecule has 6 N–H and O–H groups in total. The Kier molecular flexibility index (Phi) is 35.2. The average molecular weight is 1480 g/mol. The van der Waals surface area contributed by atoms with Crippen molar-refractivity contribution in [3.8, 4) is 0 Å². The minimum atomic E-state index is -3.92. The number of likely N-dealkylation sites (tertiary alicyclic amines) is 2. The molecule has 10 amide bonds. The molecule has 2 saturated heterocycles. The average Bonchev–Trinajstić information content (AvgIpc) is 1.36. The van der Waals surface area contributed by atoms with Crippen LogP contribution in [0.4, 0.5) is 10.5 Å². The zero-order chi connectivity index (χ0) is 76.2. The molecule has 582 valence electrons. The van der Waals surface area contributed by atoms with E-state index in [9.17, 15) is 56.4 Å². The monoisotopic (exact) mass is 1480 g/mol. The molecule has 2 aliphatic carbocycles. The van der Waals surface area contributed by atoms with Crippen LogP contribution < -0.4 is 31.3 Å². The number of anilines is 1. The maximum Gasteiger partial charge on any atom is 0.410 e. The number of likely N-dealkylation sites (N-methyl/N-ethyl adjacent to an activating group) is 2. The highest BCUT2D eigenvalue weighted by molar-refractivity contribution is 7.91. The van der Waals surface area contributed by atoms with E-state index in [4.69, 9.17) is 23.7 Å². The number of amides is 10. The van der Waals surface area contributed by atoms with Gasteiger partial charge in [-0.1, -0.05) is 136 Å². The van der Waals surface area contributed by atoms with Gasteiger partial charge in [0.05, 0.1) is 74.7 Å². The molecule has 0 aromatic heterocycles. The standard InChI is InChI=1S/C76H120N10O17S/c1-13-51(6)68(62(99-11)47-65(89)86-39-23-28-61(86)69(100-12)52(7)70(90)80-60(46-54-24-19-18-20-25-54)73(93)82-104(97,98)59-33-34-59)83(9)75(95)66(49(2)3)81-74(94)67(50(4)5)84(10)76(96)103-48-55-29-31-58(32-30-55)78-71(91)53(8)77-63(87)37-42-101-44-45-102-43-38-64(88)85-40-35-56(36-41-85)72(92)79-57-26-21-16-14-15-17-22-27-57/h18-20,24-25,29-32,49-53,56-57,59-62,66-69H,13-17,21-23,26-28,33-48H2,1-12H3,(H,77,87)(H,78,91)(H,79,92)(H,80,90)(H,81,94)(H,82,93)/t51-,52+,53-,60-,61-,62+,66-,67-,68-,69+/m0/s1. The Hall–Kier alpha value is -7.27. The summed E-state index contributed by atoms with van der Waals surface area (Å²) in [7, 11) is 2.07. The van der Waals surface area contributed by atoms with Crippen LogP contribution in [0.1, 0.15) is 182 Å². The van der Waals surface area contributed by atoms with Crippen molar-refractivity contribution in [2.24, 2.45) is 29.6 Å². The van der Waals surface area contributed by atoms with E-state index in [0.29, 0.717) is 81.4 Å². The van der Waals surface area contributed by atoms with E-state index in [-0.39, 0.29) is 100 Å². The predicted octanol–water partition coefficient (Wildman–Crippen LogP) is 6.79. The lowest BCUT2D eigenvalue weighted by atomic mass is 9.89. The van der Waals surface area contributed by atoms with Crippen molar-refractivity contribution < 1.29 is 80.0 Å². The van der Waals surface area contributed by atoms with Gasteiger partial charge in [0.15, 0.2) is 0 Å². The molecule has 2 aromatic carbocycles. The summed E-state index contributed by atoms with van der Waals surface area (Å²) in [4.78, 5) is 143. The van der Waals surface area contributed by atoms with Gasteiger partial charge in [-0.05, 0) is 99.3 Å². The van der Waals surface area contributed by atoms with Crippen molar-refractivity contribution >= 4 is 75.0 Å². The Labute approximate surface area is 616 Å². The Balaban J connectivity index is 0.916. The van der Waals surface area contributed by atoms with Crippen molar-refractivity contribution in [2.75, 3.05) is 79.7 Å². The lowest BCUT2D eigenvalue weighted by Crippen LogP contribution is -2.60. The van der Waals surface area contributed by atoms with Crippen LogP contribution in [-0.4, -0.2) is 221 Å². The Bertz CT molecular complexity index is 3210. The third kappa shape index (κ3) is 26.3. The second-order valence-corrected chi connectivity index (χ2v) is 31.4. The minimum absolute atomic E-state index is 0.00429. The normalized spacial score (nSPS) is 18.9. The van der Waals surface area contributed by atoms with Crippen LogP contribution in [-0.2, 0) is 89.9 Å². The van der Waals surface area contributed by atoms with E-state index in [1.807, 2.05) is 18.7 Å². The number of carbonyl (C=O) groups is 10. The minimum Gasteiger partial charge on any atom is -0.445 e. The van der Waals surface area contributed by atoms with Crippen molar-refractivity contribution in [2.45, 2.75) is 244 Å². The first-order valence-electron chi connectivity index (χ1n) is 37.7. The van der Waals surface area contributed by atoms with Crippen LogP contribution in [0.25, 0.3) is 0 Å². The molecule has 2 aromatic rings. The Morgan fingerprint density at radius 2 is 1.24 bits per heavy atom. The number of benzene rings is 2. The molecule has 0 bridgehead atoms. The van der Waals surface area contributed by atoms with Gasteiger partial charge in [-0.3, -0.25) is 52.8 Å². The third-order valence-electron chi connectivity index (χ3n) is 20.8. The van der Waals surface area contributed by atoms with Gasteiger partial charge in [0.1, 0.15) is 30.8 Å². The Morgan fingerprint density at radius 1 is 0.615 bits per heavy atom. The molecule has 2 saturated carbocycles. The summed E-state index contributed by atoms with van der Waals surface area (Å²) in [5.41, 5.74) is 1.71. The maximum atomic E-state index is 14.9. The van der Waals surface area contributed by atoms with Crippen LogP contribution in [0.15, 0.2) is 54.6 Å². The number of sulfonamides is 1. The predicted molar refractivity (Wildman–Crippen MR) is 393 cm³/mol. The van der Waals surface area contributed by atoms with Gasteiger partial charge in [-0.15, -0.1) is 0 Å². The van der Waals surface area contributed by atoms with Crippen molar-refractivity contribution in [1.29, 1.82) is 0 Å². The summed E-state index contributed by atoms with van der Waals surface area (Å²) >= 11 is 0. The van der Waals surface area contributed by atoms with Crippen molar-refractivity contribution in [3.05, 3.63) is 65.7 Å². The lowest BCUT2D eigenvalue weighted by molar-refractivity contribution is -0.148. The number of carbonyl (C=O) groups excluding carboxylic acids is 10. The molecular weight excluding hydrogens is 1360 g/mol. The number of hydrogen-bond donors (Lipinski definition) is 6. The second kappa shape index (κ2) is 42.8. The zero-order valence-electron chi connectivity index (χ0n) is 63.6. The van der Waals surface area contributed by atoms with Gasteiger partial charge < -0.3 is 65.0 Å². The van der Waals surface area contributed by atoms with Gasteiger partial charge in [0, 0.05) is 78.4 Å². The van der Waals surface area contributed by atoms with E-state index in [1.165, 1.54) is 56.8 Å². The van der Waals surface area contributed by atoms with Gasteiger partial charge in [-0.25, -0.2) is 13.2 Å². The van der Waals surface area contributed by atoms with Gasteiger partial charge in [-0.2, -0.15) is 0 Å². The topological polar surface area (TPSA) is 336 Å². The molecule has 0 unspecified atom stereocenters. The number of nitrogens with one attached hydrogen (secondary N) is 6. The van der Waals surface area contributed by atoms with E-state index in [2.05, 4.69) is 31.3 Å². The van der Waals surface area contributed by atoms with Crippen LogP contribution in [0.5, 0.6) is 0 Å². The largest absolute Gasteiger partial charge is 0.445 e. The second-order valence-electron chi connectivity index (χ2n) is 29.4. The lowest BCUT2D eigenvalue weighted by Gasteiger charge is -2.41. The van der Waals surface area contributed by atoms with Gasteiger partial charge >= 0.3 is 6.09 Å². The van der Waals surface area contributed by atoms with Crippen LogP contribution in [0, 0.1) is 29.6 Å². The maximum absolute atomic E-state index is 14.9. The summed E-state index contributed by atoms with van der Waals surface area (Å²) in [6.45, 7) is 16.3. The van der Waals surface area contributed by atoms with Crippen LogP contribution in [0.3, 0.4) is 0 Å². The molecule has 4 aliphatic rings. The quantitative estimate of drug-likeness (QED) is 0.0375. The summed E-state index contributed by atoms with van der Waals surface area (Å²) in [5, 5.41) is 13.8. The first-order valence-corrected chi connectivity index (χ1v) is 39.3. The summed E-state index contributed by atoms with van der Waals surface area (Å²) < 4.78 is 56.8. The first kappa shape index (κ1) is 85.7. The SMILES string of the molecule is CC[C@H](C)[C@@H]([C@@H](CC(=O)N1CCC[C@H]1[C@H](OC)[C@@H](C)C(=O)N[C@@H](Cc1ccccc1)C(=O)NS(=O)(=O)C1CC1)OC)N(C)C(=O)[C@@H](NC(=O)[C@H](C(C)C)N(C)C(=O)OCc1ccc(NC(=O)[C@H](C)NC(=O)CCOCCOCCC(=O)N2CCC(C(=O)NC3CCCCCCCC3)CC2)cc1)C(C)C. The van der Waals surface area contributed by atoms with Crippen molar-refractivity contribution in [3.63, 3.8) is 0 Å². The smallest absolute Gasteiger partial charge is 0.410 e.